The van der Waals surface area contributed by atoms with Gasteiger partial charge in [-0.15, -0.1) is 0 Å². The number of ether oxygens (including phenoxy) is 1. The number of benzene rings is 2. The third-order valence-electron chi connectivity index (χ3n) is 4.86. The van der Waals surface area contributed by atoms with E-state index in [0.29, 0.717) is 23.0 Å². The van der Waals surface area contributed by atoms with Gasteiger partial charge in [0, 0.05) is 24.1 Å². The van der Waals surface area contributed by atoms with Gasteiger partial charge >= 0.3 is 0 Å². The van der Waals surface area contributed by atoms with Gasteiger partial charge in [-0.25, -0.2) is 4.98 Å². The maximum atomic E-state index is 9.89. The van der Waals surface area contributed by atoms with Crippen LogP contribution >= 0.6 is 0 Å². The summed E-state index contributed by atoms with van der Waals surface area (Å²) in [6.07, 6.45) is 1.67. The van der Waals surface area contributed by atoms with Crippen molar-refractivity contribution in [2.45, 2.75) is 33.2 Å². The van der Waals surface area contributed by atoms with Crippen molar-refractivity contribution >= 4 is 0 Å². The van der Waals surface area contributed by atoms with E-state index < -0.39 is 0 Å². The van der Waals surface area contributed by atoms with E-state index in [1.165, 1.54) is 5.56 Å². The van der Waals surface area contributed by atoms with Crippen LogP contribution in [0.1, 0.15) is 42.0 Å². The topological polar surface area (TPSA) is 71.1 Å². The van der Waals surface area contributed by atoms with Crippen LogP contribution in [0.2, 0.25) is 0 Å². The van der Waals surface area contributed by atoms with Gasteiger partial charge in [0.2, 0.25) is 5.88 Å². The van der Waals surface area contributed by atoms with Crippen molar-refractivity contribution in [2.75, 3.05) is 0 Å². The summed E-state index contributed by atoms with van der Waals surface area (Å²) >= 11 is 0. The number of nitrogens with one attached hydrogen (secondary N) is 1. The van der Waals surface area contributed by atoms with Gasteiger partial charge < -0.3 is 14.4 Å². The summed E-state index contributed by atoms with van der Waals surface area (Å²) in [6.45, 7) is 7.03. The molecule has 5 heteroatoms. The molecule has 0 amide bonds. The number of hydrogen-bond acceptors (Lipinski definition) is 4. The number of aromatic nitrogens is 2. The summed E-state index contributed by atoms with van der Waals surface area (Å²) in [6, 6.07) is 13.5. The third kappa shape index (κ3) is 3.10. The van der Waals surface area contributed by atoms with Crippen molar-refractivity contribution in [3.05, 3.63) is 76.5 Å². The molecule has 138 valence electrons. The molecule has 2 heterocycles. The summed E-state index contributed by atoms with van der Waals surface area (Å²) in [5.74, 6) is 1.41. The molecule has 2 aromatic carbocycles. The fourth-order valence-corrected chi connectivity index (χ4v) is 3.59. The van der Waals surface area contributed by atoms with Crippen LogP contribution in [-0.4, -0.2) is 14.7 Å². The summed E-state index contributed by atoms with van der Waals surface area (Å²) in [5.41, 5.74) is 4.37. The second kappa shape index (κ2) is 6.58. The van der Waals surface area contributed by atoms with Gasteiger partial charge in [0.15, 0.2) is 0 Å². The highest BCUT2D eigenvalue weighted by atomic mass is 16.5. The lowest BCUT2D eigenvalue weighted by atomic mass is 9.83. The highest BCUT2D eigenvalue weighted by molar-refractivity contribution is 5.57. The Hall–Kier alpha value is -3.08. The van der Waals surface area contributed by atoms with Gasteiger partial charge in [0.05, 0.1) is 5.56 Å². The van der Waals surface area contributed by atoms with E-state index in [9.17, 15) is 5.11 Å². The van der Waals surface area contributed by atoms with E-state index in [-0.39, 0.29) is 11.7 Å². The van der Waals surface area contributed by atoms with Gasteiger partial charge in [-0.1, -0.05) is 49.7 Å². The standard InChI is InChI=1S/C22H23N3O2/c1-13(2)11-25-12-24-22-20(21(25)23)19(15-6-4-14(3)5-7-15)17-9-8-16(26)10-18(17)27-22/h4-10,12-13,19,23,26H,11H2,1-3H3/t19-/m0/s1. The Balaban J connectivity index is 1.96. The zero-order chi connectivity index (χ0) is 19.1. The molecule has 0 saturated heterocycles. The molecule has 0 saturated carbocycles. The first-order valence-electron chi connectivity index (χ1n) is 9.15. The zero-order valence-electron chi connectivity index (χ0n) is 15.7. The number of fused-ring (bicyclic) bond motifs is 2. The molecule has 27 heavy (non-hydrogen) atoms. The fraction of sp³-hybridized carbons (Fsp3) is 0.273. The summed E-state index contributed by atoms with van der Waals surface area (Å²) < 4.78 is 7.84. The van der Waals surface area contributed by atoms with Crippen LogP contribution in [0.25, 0.3) is 0 Å². The minimum absolute atomic E-state index is 0.150. The minimum atomic E-state index is -0.162. The van der Waals surface area contributed by atoms with Crippen LogP contribution in [0.15, 0.2) is 48.8 Å². The van der Waals surface area contributed by atoms with Crippen LogP contribution in [0.3, 0.4) is 0 Å². The SMILES string of the molecule is Cc1ccc([C@H]2c3ccc(O)cc3Oc3ncn(CC(C)C)c(=N)c32)cc1. The average Bonchev–Trinajstić information content (AvgIpc) is 2.63. The van der Waals surface area contributed by atoms with Crippen molar-refractivity contribution < 1.29 is 9.84 Å². The molecule has 5 nitrogen and oxygen atoms in total. The van der Waals surface area contributed by atoms with Crippen molar-refractivity contribution in [1.29, 1.82) is 5.41 Å². The molecule has 0 unspecified atom stereocenters. The van der Waals surface area contributed by atoms with Gasteiger partial charge in [0.1, 0.15) is 23.3 Å². The van der Waals surface area contributed by atoms with Crippen LogP contribution in [0, 0.1) is 18.3 Å². The van der Waals surface area contributed by atoms with E-state index in [2.05, 4.69) is 50.0 Å². The maximum absolute atomic E-state index is 9.89. The molecule has 1 aliphatic rings. The van der Waals surface area contributed by atoms with Gasteiger partial charge in [-0.05, 0) is 24.5 Å². The molecular formula is C22H23N3O2. The largest absolute Gasteiger partial charge is 0.508 e. The Labute approximate surface area is 158 Å². The Morgan fingerprint density at radius 3 is 2.63 bits per heavy atom. The first-order valence-corrected chi connectivity index (χ1v) is 9.15. The molecule has 0 bridgehead atoms. The van der Waals surface area contributed by atoms with Crippen LogP contribution < -0.4 is 10.2 Å². The van der Waals surface area contributed by atoms with Crippen molar-refractivity contribution in [2.24, 2.45) is 5.92 Å². The molecule has 0 radical (unpaired) electrons. The normalized spacial score (nSPS) is 15.2. The quantitative estimate of drug-likeness (QED) is 0.571. The lowest BCUT2D eigenvalue weighted by Crippen LogP contribution is -2.30. The number of phenols is 1. The molecule has 1 aromatic heterocycles. The lowest BCUT2D eigenvalue weighted by Gasteiger charge is -2.29. The van der Waals surface area contributed by atoms with E-state index in [1.807, 2.05) is 10.6 Å². The van der Waals surface area contributed by atoms with Gasteiger partial charge in [-0.2, -0.15) is 0 Å². The Morgan fingerprint density at radius 1 is 1.19 bits per heavy atom. The molecular weight excluding hydrogens is 338 g/mol. The van der Waals surface area contributed by atoms with Crippen LogP contribution in [0.5, 0.6) is 17.4 Å². The second-order valence-electron chi connectivity index (χ2n) is 7.53. The second-order valence-corrected chi connectivity index (χ2v) is 7.53. The Morgan fingerprint density at radius 2 is 1.93 bits per heavy atom. The van der Waals surface area contributed by atoms with Crippen LogP contribution in [-0.2, 0) is 6.54 Å². The fourth-order valence-electron chi connectivity index (χ4n) is 3.59. The van der Waals surface area contributed by atoms with Gasteiger partial charge in [-0.3, -0.25) is 5.41 Å². The van der Waals surface area contributed by atoms with E-state index in [1.54, 1.807) is 18.5 Å². The van der Waals surface area contributed by atoms with Crippen molar-refractivity contribution in [3.63, 3.8) is 0 Å². The van der Waals surface area contributed by atoms with E-state index in [0.717, 1.165) is 23.2 Å². The molecule has 0 fully saturated rings. The predicted octanol–water partition coefficient (Wildman–Crippen LogP) is 4.32. The van der Waals surface area contributed by atoms with Crippen molar-refractivity contribution in [1.82, 2.24) is 9.55 Å². The number of hydrogen-bond donors (Lipinski definition) is 2. The monoisotopic (exact) mass is 361 g/mol. The predicted molar refractivity (Wildman–Crippen MR) is 103 cm³/mol. The number of phenolic OH excluding ortho intramolecular Hbond substituents is 1. The summed E-state index contributed by atoms with van der Waals surface area (Å²) in [4.78, 5) is 4.49. The molecule has 4 rings (SSSR count). The Bertz CT molecular complexity index is 1050. The Kier molecular flexibility index (Phi) is 4.22. The highest BCUT2D eigenvalue weighted by Crippen LogP contribution is 2.45. The van der Waals surface area contributed by atoms with Gasteiger partial charge in [0.25, 0.3) is 0 Å². The molecule has 1 aliphatic heterocycles. The van der Waals surface area contributed by atoms with E-state index >= 15 is 0 Å². The number of aryl methyl sites for hydroxylation is 1. The first-order chi connectivity index (χ1) is 12.9. The first kappa shape index (κ1) is 17.3. The third-order valence-corrected chi connectivity index (χ3v) is 4.86. The molecule has 3 aromatic rings. The average molecular weight is 361 g/mol. The maximum Gasteiger partial charge on any atom is 0.228 e. The molecule has 1 atom stereocenters. The highest BCUT2D eigenvalue weighted by Gasteiger charge is 2.32. The lowest BCUT2D eigenvalue weighted by molar-refractivity contribution is 0.407. The van der Waals surface area contributed by atoms with E-state index in [4.69, 9.17) is 10.1 Å². The molecule has 2 N–H and O–H groups in total. The number of aromatic hydroxyl groups is 1. The zero-order valence-corrected chi connectivity index (χ0v) is 15.7. The minimum Gasteiger partial charge on any atom is -0.508 e. The van der Waals surface area contributed by atoms with Crippen molar-refractivity contribution in [3.8, 4) is 17.4 Å². The summed E-state index contributed by atoms with van der Waals surface area (Å²) in [7, 11) is 0. The number of nitrogens with zero attached hydrogens (tertiary/aromatic N) is 2. The number of rotatable bonds is 3. The molecule has 0 spiro atoms. The summed E-state index contributed by atoms with van der Waals surface area (Å²) in [5, 5.41) is 18.7. The molecule has 0 aliphatic carbocycles. The van der Waals surface area contributed by atoms with Crippen LogP contribution in [0.4, 0.5) is 0 Å². The smallest absolute Gasteiger partial charge is 0.228 e.